The highest BCUT2D eigenvalue weighted by molar-refractivity contribution is 5.76. The Balaban J connectivity index is 1.60. The van der Waals surface area contributed by atoms with Crippen LogP contribution >= 0.6 is 0 Å². The molecule has 1 saturated heterocycles. The molecule has 0 amide bonds. The molecule has 1 unspecified atom stereocenters. The number of nitrogens with one attached hydrogen (secondary N) is 1. The molecule has 0 spiro atoms. The number of carbonyl (C=O) groups is 1. The van der Waals surface area contributed by atoms with E-state index in [1.54, 1.807) is 19.5 Å². The molecule has 0 saturated carbocycles. The predicted octanol–water partition coefficient (Wildman–Crippen LogP) is 4.82. The second-order valence-electron chi connectivity index (χ2n) is 8.78. The van der Waals surface area contributed by atoms with Gasteiger partial charge in [0.25, 0.3) is 0 Å². The van der Waals surface area contributed by atoms with Crippen LogP contribution in [0.15, 0.2) is 60.9 Å². The molecule has 0 aliphatic carbocycles. The SMILES string of the molecule is COCC(CC(=O)O)c1ccc(N2CCC(c3ccccc3)CC2)c(Nc2cnc(OC)nc2)c1. The molecule has 2 N–H and O–H groups in total. The third-order valence-corrected chi connectivity index (χ3v) is 6.48. The Morgan fingerprint density at radius 2 is 1.83 bits per heavy atom. The van der Waals surface area contributed by atoms with Gasteiger partial charge in [0.15, 0.2) is 0 Å². The van der Waals surface area contributed by atoms with Crippen molar-refractivity contribution < 1.29 is 19.4 Å². The van der Waals surface area contributed by atoms with Crippen molar-refractivity contribution in [3.05, 3.63) is 72.1 Å². The van der Waals surface area contributed by atoms with Gasteiger partial charge in [-0.3, -0.25) is 4.79 Å². The maximum absolute atomic E-state index is 11.4. The van der Waals surface area contributed by atoms with Crippen LogP contribution < -0.4 is 15.0 Å². The van der Waals surface area contributed by atoms with Gasteiger partial charge in [0.2, 0.25) is 0 Å². The maximum Gasteiger partial charge on any atom is 0.316 e. The van der Waals surface area contributed by atoms with Crippen LogP contribution in [-0.4, -0.2) is 55.0 Å². The molecule has 2 heterocycles. The normalized spacial score (nSPS) is 15.0. The summed E-state index contributed by atoms with van der Waals surface area (Å²) in [6.45, 7) is 2.20. The number of piperidine rings is 1. The Bertz CT molecular complexity index is 1100. The van der Waals surface area contributed by atoms with Crippen LogP contribution in [0, 0.1) is 0 Å². The predicted molar refractivity (Wildman–Crippen MR) is 136 cm³/mol. The molecule has 0 radical (unpaired) electrons. The van der Waals surface area contributed by atoms with Gasteiger partial charge in [-0.05, 0) is 42.0 Å². The zero-order valence-electron chi connectivity index (χ0n) is 20.2. The number of nitrogens with zero attached hydrogens (tertiary/aromatic N) is 3. The summed E-state index contributed by atoms with van der Waals surface area (Å²) >= 11 is 0. The van der Waals surface area contributed by atoms with Gasteiger partial charge in [-0.25, -0.2) is 9.97 Å². The van der Waals surface area contributed by atoms with Crippen molar-refractivity contribution in [3.63, 3.8) is 0 Å². The summed E-state index contributed by atoms with van der Waals surface area (Å²) in [4.78, 5) is 22.2. The number of methoxy groups -OCH3 is 2. The Morgan fingerprint density at radius 3 is 2.46 bits per heavy atom. The van der Waals surface area contributed by atoms with Gasteiger partial charge >= 0.3 is 12.0 Å². The van der Waals surface area contributed by atoms with Crippen molar-refractivity contribution in [3.8, 4) is 6.01 Å². The molecule has 2 aromatic carbocycles. The zero-order valence-corrected chi connectivity index (χ0v) is 20.2. The van der Waals surface area contributed by atoms with E-state index in [-0.39, 0.29) is 12.3 Å². The van der Waals surface area contributed by atoms with Gasteiger partial charge in [-0.2, -0.15) is 0 Å². The first-order valence-electron chi connectivity index (χ1n) is 11.8. The van der Waals surface area contributed by atoms with E-state index >= 15 is 0 Å². The molecule has 1 atom stereocenters. The number of hydrogen-bond acceptors (Lipinski definition) is 7. The third-order valence-electron chi connectivity index (χ3n) is 6.48. The molecule has 8 heteroatoms. The van der Waals surface area contributed by atoms with Gasteiger partial charge in [0.05, 0.1) is 49.6 Å². The van der Waals surface area contributed by atoms with Crippen LogP contribution in [0.2, 0.25) is 0 Å². The molecule has 1 aromatic heterocycles. The fourth-order valence-corrected chi connectivity index (χ4v) is 4.69. The first-order valence-corrected chi connectivity index (χ1v) is 11.8. The Morgan fingerprint density at radius 1 is 1.11 bits per heavy atom. The highest BCUT2D eigenvalue weighted by atomic mass is 16.5. The second kappa shape index (κ2) is 11.7. The van der Waals surface area contributed by atoms with Gasteiger partial charge in [-0.15, -0.1) is 0 Å². The summed E-state index contributed by atoms with van der Waals surface area (Å²) < 4.78 is 10.4. The molecule has 3 aromatic rings. The molecular weight excluding hydrogens is 444 g/mol. The molecule has 1 aliphatic heterocycles. The minimum atomic E-state index is -0.850. The first kappa shape index (κ1) is 24.5. The number of hydrogen-bond donors (Lipinski definition) is 2. The molecule has 1 aliphatic rings. The topological polar surface area (TPSA) is 96.8 Å². The van der Waals surface area contributed by atoms with Crippen molar-refractivity contribution in [1.82, 2.24) is 9.97 Å². The van der Waals surface area contributed by atoms with E-state index in [1.807, 2.05) is 12.1 Å². The highest BCUT2D eigenvalue weighted by Crippen LogP contribution is 2.37. The van der Waals surface area contributed by atoms with Crippen LogP contribution in [0.25, 0.3) is 0 Å². The lowest BCUT2D eigenvalue weighted by atomic mass is 9.89. The van der Waals surface area contributed by atoms with Crippen molar-refractivity contribution in [2.75, 3.05) is 44.1 Å². The highest BCUT2D eigenvalue weighted by Gasteiger charge is 2.24. The van der Waals surface area contributed by atoms with E-state index in [1.165, 1.54) is 12.7 Å². The average molecular weight is 477 g/mol. The van der Waals surface area contributed by atoms with E-state index in [2.05, 4.69) is 56.6 Å². The quantitative estimate of drug-likeness (QED) is 0.430. The number of carboxylic acid groups (broad SMARTS) is 1. The van der Waals surface area contributed by atoms with E-state index < -0.39 is 5.97 Å². The molecular formula is C27H32N4O4. The summed E-state index contributed by atoms with van der Waals surface area (Å²) in [5.74, 6) is -0.542. The number of aromatic nitrogens is 2. The van der Waals surface area contributed by atoms with Crippen LogP contribution in [-0.2, 0) is 9.53 Å². The minimum Gasteiger partial charge on any atom is -0.481 e. The third kappa shape index (κ3) is 6.27. The fourth-order valence-electron chi connectivity index (χ4n) is 4.69. The molecule has 0 bridgehead atoms. The minimum absolute atomic E-state index is 0.000738. The Hall–Kier alpha value is -3.65. The van der Waals surface area contributed by atoms with Crippen molar-refractivity contribution >= 4 is 23.0 Å². The lowest BCUT2D eigenvalue weighted by molar-refractivity contribution is -0.137. The molecule has 35 heavy (non-hydrogen) atoms. The number of benzene rings is 2. The van der Waals surface area contributed by atoms with E-state index in [0.29, 0.717) is 18.5 Å². The van der Waals surface area contributed by atoms with E-state index in [4.69, 9.17) is 9.47 Å². The Labute approximate surface area is 205 Å². The van der Waals surface area contributed by atoms with E-state index in [9.17, 15) is 9.90 Å². The summed E-state index contributed by atoms with van der Waals surface area (Å²) in [5.41, 5.74) is 5.00. The maximum atomic E-state index is 11.4. The van der Waals surface area contributed by atoms with Gasteiger partial charge in [-0.1, -0.05) is 36.4 Å². The summed E-state index contributed by atoms with van der Waals surface area (Å²) in [5, 5.41) is 12.8. The van der Waals surface area contributed by atoms with Crippen molar-refractivity contribution in [2.24, 2.45) is 0 Å². The second-order valence-corrected chi connectivity index (χ2v) is 8.78. The fraction of sp³-hybridized carbons (Fsp3) is 0.370. The van der Waals surface area contributed by atoms with Crippen molar-refractivity contribution in [2.45, 2.75) is 31.1 Å². The summed E-state index contributed by atoms with van der Waals surface area (Å²) in [6, 6.07) is 17.1. The largest absolute Gasteiger partial charge is 0.481 e. The summed E-state index contributed by atoms with van der Waals surface area (Å²) in [6.07, 6.45) is 5.49. The molecule has 4 rings (SSSR count). The lowest BCUT2D eigenvalue weighted by Gasteiger charge is -2.35. The smallest absolute Gasteiger partial charge is 0.316 e. The van der Waals surface area contributed by atoms with Crippen LogP contribution in [0.3, 0.4) is 0 Å². The van der Waals surface area contributed by atoms with Gasteiger partial charge in [0, 0.05) is 26.1 Å². The first-order chi connectivity index (χ1) is 17.1. The molecule has 1 fully saturated rings. The number of rotatable bonds is 10. The number of anilines is 3. The lowest BCUT2D eigenvalue weighted by Crippen LogP contribution is -2.33. The monoisotopic (exact) mass is 476 g/mol. The van der Waals surface area contributed by atoms with Crippen LogP contribution in [0.4, 0.5) is 17.1 Å². The number of carboxylic acids is 1. The van der Waals surface area contributed by atoms with Crippen LogP contribution in [0.1, 0.15) is 42.2 Å². The van der Waals surface area contributed by atoms with Gasteiger partial charge in [0.1, 0.15) is 0 Å². The molecule has 8 nitrogen and oxygen atoms in total. The Kier molecular flexibility index (Phi) is 8.15. The van der Waals surface area contributed by atoms with Gasteiger partial charge < -0.3 is 24.8 Å². The summed E-state index contributed by atoms with van der Waals surface area (Å²) in [7, 11) is 3.12. The standard InChI is InChI=1S/C27H32N4O4/c1-34-18-22(15-26(32)33)21-8-9-25(24(14-21)30-23-16-28-27(35-2)29-17-23)31-12-10-20(11-13-31)19-6-4-3-5-7-19/h3-9,14,16-17,20,22,30H,10-13,15,18H2,1-2H3,(H,32,33). The average Bonchev–Trinajstić information content (AvgIpc) is 2.89. The zero-order chi connectivity index (χ0) is 24.6. The van der Waals surface area contributed by atoms with Crippen LogP contribution in [0.5, 0.6) is 6.01 Å². The number of aliphatic carboxylic acids is 1. The number of ether oxygens (including phenoxy) is 2. The molecule has 184 valence electrons. The van der Waals surface area contributed by atoms with E-state index in [0.717, 1.165) is 48.6 Å². The van der Waals surface area contributed by atoms with Crippen molar-refractivity contribution in [1.29, 1.82) is 0 Å².